The molecule has 7 heteroatoms. The summed E-state index contributed by atoms with van der Waals surface area (Å²) in [4.78, 5) is 20.6. The summed E-state index contributed by atoms with van der Waals surface area (Å²) < 4.78 is 0. The van der Waals surface area contributed by atoms with Crippen molar-refractivity contribution in [2.45, 2.75) is 39.3 Å². The first-order valence-electron chi connectivity index (χ1n) is 10.3. The van der Waals surface area contributed by atoms with Gasteiger partial charge in [-0.1, -0.05) is 44.2 Å². The molecule has 0 unspecified atom stereocenters. The monoisotopic (exact) mass is 403 g/mol. The third-order valence-corrected chi connectivity index (χ3v) is 5.48. The lowest BCUT2D eigenvalue weighted by molar-refractivity contribution is 0.286. The van der Waals surface area contributed by atoms with Crippen molar-refractivity contribution in [3.8, 4) is 0 Å². The predicted molar refractivity (Wildman–Crippen MR) is 121 cm³/mol. The van der Waals surface area contributed by atoms with Crippen LogP contribution < -0.4 is 15.5 Å². The smallest absolute Gasteiger partial charge is 0.225 e. The average Bonchev–Trinajstić information content (AvgIpc) is 2.73. The van der Waals surface area contributed by atoms with E-state index in [2.05, 4.69) is 68.6 Å². The van der Waals surface area contributed by atoms with Crippen LogP contribution in [0.1, 0.15) is 43.1 Å². The van der Waals surface area contributed by atoms with Gasteiger partial charge in [-0.2, -0.15) is 4.98 Å². The van der Waals surface area contributed by atoms with Crippen LogP contribution in [0, 0.1) is 5.41 Å². The molecule has 30 heavy (non-hydrogen) atoms. The number of aromatic nitrogens is 4. The maximum atomic E-state index is 4.95. The fourth-order valence-electron chi connectivity index (χ4n) is 4.00. The molecule has 2 heterocycles. The van der Waals surface area contributed by atoms with Crippen molar-refractivity contribution in [1.82, 2.24) is 19.9 Å². The number of fused-ring (bicyclic) bond motifs is 1. The molecule has 1 aliphatic rings. The fourth-order valence-corrected chi connectivity index (χ4v) is 4.00. The molecule has 1 aliphatic carbocycles. The molecule has 0 bridgehead atoms. The molecule has 3 aromatic rings. The fraction of sp³-hybridized carbons (Fsp3) is 0.391. The van der Waals surface area contributed by atoms with E-state index in [9.17, 15) is 0 Å². The van der Waals surface area contributed by atoms with Crippen molar-refractivity contribution in [2.24, 2.45) is 5.41 Å². The number of nitrogens with one attached hydrogen (secondary N) is 2. The van der Waals surface area contributed by atoms with E-state index < -0.39 is 0 Å². The zero-order valence-electron chi connectivity index (χ0n) is 18.1. The minimum Gasteiger partial charge on any atom is -0.373 e. The molecule has 2 aromatic heterocycles. The van der Waals surface area contributed by atoms with Crippen LogP contribution in [-0.4, -0.2) is 34.0 Å². The average molecular weight is 404 g/mol. The zero-order valence-corrected chi connectivity index (χ0v) is 18.1. The molecule has 156 valence electrons. The van der Waals surface area contributed by atoms with Crippen molar-refractivity contribution >= 4 is 17.7 Å². The molecule has 7 nitrogen and oxygen atoms in total. The summed E-state index contributed by atoms with van der Waals surface area (Å²) in [7, 11) is 3.89. The van der Waals surface area contributed by atoms with E-state index in [4.69, 9.17) is 4.98 Å². The van der Waals surface area contributed by atoms with Gasteiger partial charge in [-0.05, 0) is 29.9 Å². The van der Waals surface area contributed by atoms with Crippen LogP contribution in [0.3, 0.4) is 0 Å². The van der Waals surface area contributed by atoms with Crippen LogP contribution in [0.15, 0.2) is 48.8 Å². The summed E-state index contributed by atoms with van der Waals surface area (Å²) in [6.45, 7) is 5.34. The molecule has 2 N–H and O–H groups in total. The second-order valence-electron chi connectivity index (χ2n) is 8.67. The Morgan fingerprint density at radius 2 is 1.90 bits per heavy atom. The van der Waals surface area contributed by atoms with Gasteiger partial charge in [0.1, 0.15) is 5.82 Å². The van der Waals surface area contributed by atoms with Gasteiger partial charge in [-0.25, -0.2) is 15.0 Å². The van der Waals surface area contributed by atoms with Gasteiger partial charge < -0.3 is 15.5 Å². The van der Waals surface area contributed by atoms with Gasteiger partial charge in [0.05, 0.1) is 11.7 Å². The number of benzene rings is 1. The number of hydrogen-bond donors (Lipinski definition) is 2. The Labute approximate surface area is 178 Å². The van der Waals surface area contributed by atoms with E-state index in [1.807, 2.05) is 32.4 Å². The minimum absolute atomic E-state index is 0.0735. The molecule has 1 aromatic carbocycles. The van der Waals surface area contributed by atoms with Gasteiger partial charge in [0.2, 0.25) is 11.9 Å². The second-order valence-corrected chi connectivity index (χ2v) is 8.67. The zero-order chi connectivity index (χ0) is 21.1. The molecule has 1 atom stereocenters. The van der Waals surface area contributed by atoms with Crippen molar-refractivity contribution in [1.29, 1.82) is 0 Å². The number of nitrogens with zero attached hydrogens (tertiary/aromatic N) is 5. The molecular weight excluding hydrogens is 374 g/mol. The van der Waals surface area contributed by atoms with Gasteiger partial charge >= 0.3 is 0 Å². The van der Waals surface area contributed by atoms with Crippen LogP contribution in [0.5, 0.6) is 0 Å². The molecule has 0 amide bonds. The summed E-state index contributed by atoms with van der Waals surface area (Å²) in [6, 6.07) is 12.3. The van der Waals surface area contributed by atoms with Crippen LogP contribution in [0.25, 0.3) is 0 Å². The predicted octanol–water partition coefficient (Wildman–Crippen LogP) is 4.07. The first-order chi connectivity index (χ1) is 14.4. The highest BCUT2D eigenvalue weighted by atomic mass is 15.2. The summed E-state index contributed by atoms with van der Waals surface area (Å²) >= 11 is 0. The minimum atomic E-state index is 0.0735. The molecular formula is C23H29N7. The highest BCUT2D eigenvalue weighted by Crippen LogP contribution is 2.41. The summed E-state index contributed by atoms with van der Waals surface area (Å²) in [5.41, 5.74) is 3.58. The Morgan fingerprint density at radius 3 is 2.67 bits per heavy atom. The maximum Gasteiger partial charge on any atom is 0.225 e. The lowest BCUT2D eigenvalue weighted by Gasteiger charge is -2.36. The summed E-state index contributed by atoms with van der Waals surface area (Å²) in [5.74, 6) is 2.15. The normalized spacial score (nSPS) is 17.1. The molecule has 0 aliphatic heterocycles. The standard InChI is InChI=1S/C23H29N7/c1-23(2)12-18(27-21-25-11-10-20(24-3)29-21)17-14-26-22(28-19(17)13-23)30(4)15-16-8-6-5-7-9-16/h5-11,14,18H,12-13,15H2,1-4H3,(H2,24,25,27,29)/t18-/m1/s1. The van der Waals surface area contributed by atoms with E-state index in [1.165, 1.54) is 5.56 Å². The van der Waals surface area contributed by atoms with E-state index in [0.29, 0.717) is 5.95 Å². The Hall–Kier alpha value is -3.22. The first-order valence-corrected chi connectivity index (χ1v) is 10.3. The van der Waals surface area contributed by atoms with E-state index >= 15 is 0 Å². The van der Waals surface area contributed by atoms with Crippen molar-refractivity contribution in [3.63, 3.8) is 0 Å². The molecule has 4 rings (SSSR count). The molecule has 0 saturated heterocycles. The van der Waals surface area contributed by atoms with Gasteiger partial charge in [0.15, 0.2) is 0 Å². The Balaban J connectivity index is 1.59. The number of anilines is 3. The van der Waals surface area contributed by atoms with Gasteiger partial charge in [0.25, 0.3) is 0 Å². The van der Waals surface area contributed by atoms with Crippen LogP contribution in [-0.2, 0) is 13.0 Å². The highest BCUT2D eigenvalue weighted by molar-refractivity contribution is 5.43. The molecule has 0 spiro atoms. The third kappa shape index (κ3) is 4.50. The largest absolute Gasteiger partial charge is 0.373 e. The molecule has 0 radical (unpaired) electrons. The second kappa shape index (κ2) is 8.26. The van der Waals surface area contributed by atoms with Crippen molar-refractivity contribution < 1.29 is 0 Å². The van der Waals surface area contributed by atoms with Crippen LogP contribution in [0.4, 0.5) is 17.7 Å². The lowest BCUT2D eigenvalue weighted by Crippen LogP contribution is -2.31. The van der Waals surface area contributed by atoms with E-state index in [-0.39, 0.29) is 11.5 Å². The van der Waals surface area contributed by atoms with Crippen LogP contribution in [0.2, 0.25) is 0 Å². The van der Waals surface area contributed by atoms with Gasteiger partial charge in [-0.3, -0.25) is 0 Å². The van der Waals surface area contributed by atoms with Gasteiger partial charge in [0, 0.05) is 38.6 Å². The van der Waals surface area contributed by atoms with Gasteiger partial charge in [-0.15, -0.1) is 0 Å². The maximum absolute atomic E-state index is 4.95. The first kappa shape index (κ1) is 20.1. The highest BCUT2D eigenvalue weighted by Gasteiger charge is 2.34. The number of rotatable bonds is 6. The van der Waals surface area contributed by atoms with Crippen molar-refractivity contribution in [2.75, 3.05) is 29.6 Å². The van der Waals surface area contributed by atoms with Crippen LogP contribution >= 0.6 is 0 Å². The summed E-state index contributed by atoms with van der Waals surface area (Å²) in [5, 5.41) is 6.56. The Morgan fingerprint density at radius 1 is 1.10 bits per heavy atom. The quantitative estimate of drug-likeness (QED) is 0.642. The lowest BCUT2D eigenvalue weighted by atomic mass is 9.74. The van der Waals surface area contributed by atoms with E-state index in [1.54, 1.807) is 6.20 Å². The third-order valence-electron chi connectivity index (χ3n) is 5.48. The van der Waals surface area contributed by atoms with Crippen molar-refractivity contribution in [3.05, 3.63) is 65.6 Å². The number of hydrogen-bond acceptors (Lipinski definition) is 7. The molecule has 0 saturated carbocycles. The Kier molecular flexibility index (Phi) is 5.53. The topological polar surface area (TPSA) is 78.9 Å². The Bertz CT molecular complexity index is 1000. The summed E-state index contributed by atoms with van der Waals surface area (Å²) in [6.07, 6.45) is 5.62. The van der Waals surface area contributed by atoms with E-state index in [0.717, 1.165) is 42.4 Å². The molecule has 0 fully saturated rings. The SMILES string of the molecule is CNc1ccnc(N[C@@H]2CC(C)(C)Cc3nc(N(C)Cc4ccccc4)ncc32)n1.